The molecule has 170 valence electrons. The summed E-state index contributed by atoms with van der Waals surface area (Å²) in [6.07, 6.45) is 7.16. The van der Waals surface area contributed by atoms with Crippen LogP contribution in [0.25, 0.3) is 0 Å². The number of para-hydroxylation sites is 1. The van der Waals surface area contributed by atoms with Gasteiger partial charge in [-0.25, -0.2) is 4.79 Å². The number of hydrogen-bond donors (Lipinski definition) is 3. The summed E-state index contributed by atoms with van der Waals surface area (Å²) >= 11 is 0. The van der Waals surface area contributed by atoms with Gasteiger partial charge in [-0.15, -0.1) is 0 Å². The summed E-state index contributed by atoms with van der Waals surface area (Å²) in [5.41, 5.74) is 0.853. The van der Waals surface area contributed by atoms with Gasteiger partial charge in [-0.05, 0) is 75.3 Å². The standard InChI is InChI=1S/C24H35N3O4/c1-15(27(2)14-19-6-5-7-20(30-3)21(19)31-4)22(28)25-23(29)26-24-11-16-8-17(12-24)10-18(9-16)13-24/h5-7,15-18H,8-14H2,1-4H3,(H2,25,26,28,29)/p+1/t15-,16?,17?,18?,24?/m0/s1. The number of carbonyl (C=O) groups excluding carboxylic acids is 2. The van der Waals surface area contributed by atoms with E-state index in [2.05, 4.69) is 10.6 Å². The Hall–Kier alpha value is -2.28. The number of rotatable bonds is 7. The number of methoxy groups -OCH3 is 2. The van der Waals surface area contributed by atoms with Gasteiger partial charge in [0.05, 0.1) is 26.8 Å². The van der Waals surface area contributed by atoms with E-state index in [9.17, 15) is 9.59 Å². The molecule has 4 bridgehead atoms. The minimum absolute atomic E-state index is 0.102. The first kappa shape index (κ1) is 21.9. The van der Waals surface area contributed by atoms with Gasteiger partial charge in [0.2, 0.25) is 0 Å². The van der Waals surface area contributed by atoms with Gasteiger partial charge in [0, 0.05) is 5.54 Å². The molecule has 0 saturated heterocycles. The SMILES string of the molecule is COc1cccc(C[NH+](C)[C@@H](C)C(=O)NC(=O)NC23CC4CC(CC(C4)C2)C3)c1OC. The molecule has 4 fully saturated rings. The summed E-state index contributed by atoms with van der Waals surface area (Å²) in [6.45, 7) is 2.42. The van der Waals surface area contributed by atoms with Crippen LogP contribution < -0.4 is 25.0 Å². The summed E-state index contributed by atoms with van der Waals surface area (Å²) in [6, 6.07) is 4.99. The first-order chi connectivity index (χ1) is 14.8. The highest BCUT2D eigenvalue weighted by molar-refractivity contribution is 5.96. The summed E-state index contributed by atoms with van der Waals surface area (Å²) in [5, 5.41) is 5.82. The number of imide groups is 1. The van der Waals surface area contributed by atoms with E-state index in [-0.39, 0.29) is 17.5 Å². The van der Waals surface area contributed by atoms with Crippen LogP contribution >= 0.6 is 0 Å². The Bertz CT molecular complexity index is 805. The molecular weight excluding hydrogens is 394 g/mol. The zero-order chi connectivity index (χ0) is 22.2. The Balaban J connectivity index is 1.34. The maximum absolute atomic E-state index is 12.8. The van der Waals surface area contributed by atoms with Crippen LogP contribution in [0.3, 0.4) is 0 Å². The average Bonchev–Trinajstić information content (AvgIpc) is 2.71. The van der Waals surface area contributed by atoms with Crippen molar-refractivity contribution in [2.45, 2.75) is 63.6 Å². The van der Waals surface area contributed by atoms with Crippen molar-refractivity contribution in [3.63, 3.8) is 0 Å². The van der Waals surface area contributed by atoms with Gasteiger partial charge in [0.25, 0.3) is 5.91 Å². The Morgan fingerprint density at radius 2 is 1.71 bits per heavy atom. The summed E-state index contributed by atoms with van der Waals surface area (Å²) < 4.78 is 10.9. The lowest BCUT2D eigenvalue weighted by atomic mass is 9.53. The molecule has 4 saturated carbocycles. The lowest BCUT2D eigenvalue weighted by molar-refractivity contribution is -0.908. The molecule has 1 unspecified atom stereocenters. The Kier molecular flexibility index (Phi) is 6.15. The predicted octanol–water partition coefficient (Wildman–Crippen LogP) is 1.90. The van der Waals surface area contributed by atoms with Crippen LogP contribution in [0.4, 0.5) is 4.79 Å². The molecule has 7 heteroatoms. The molecule has 3 amide bonds. The molecule has 31 heavy (non-hydrogen) atoms. The highest BCUT2D eigenvalue weighted by Crippen LogP contribution is 2.55. The van der Waals surface area contributed by atoms with Gasteiger partial charge in [-0.2, -0.15) is 0 Å². The molecule has 3 N–H and O–H groups in total. The second-order valence-corrected chi connectivity index (χ2v) is 10.0. The highest BCUT2D eigenvalue weighted by atomic mass is 16.5. The lowest BCUT2D eigenvalue weighted by Gasteiger charge is -2.56. The minimum Gasteiger partial charge on any atom is -0.493 e. The van der Waals surface area contributed by atoms with Crippen molar-refractivity contribution in [3.05, 3.63) is 23.8 Å². The van der Waals surface area contributed by atoms with Gasteiger partial charge in [-0.1, -0.05) is 6.07 Å². The lowest BCUT2D eigenvalue weighted by Crippen LogP contribution is -3.12. The van der Waals surface area contributed by atoms with E-state index in [1.807, 2.05) is 32.2 Å². The molecule has 0 aliphatic heterocycles. The quantitative estimate of drug-likeness (QED) is 0.617. The highest BCUT2D eigenvalue weighted by Gasteiger charge is 2.51. The maximum Gasteiger partial charge on any atom is 0.322 e. The first-order valence-corrected chi connectivity index (χ1v) is 11.5. The van der Waals surface area contributed by atoms with E-state index >= 15 is 0 Å². The zero-order valence-electron chi connectivity index (χ0n) is 19.1. The number of urea groups is 1. The van der Waals surface area contributed by atoms with Gasteiger partial charge in [0.15, 0.2) is 17.5 Å². The molecule has 5 rings (SSSR count). The normalized spacial score (nSPS) is 30.4. The fourth-order valence-corrected chi connectivity index (χ4v) is 6.53. The van der Waals surface area contributed by atoms with Crippen molar-refractivity contribution in [1.29, 1.82) is 0 Å². The van der Waals surface area contributed by atoms with Gasteiger partial charge in [-0.3, -0.25) is 10.1 Å². The van der Waals surface area contributed by atoms with Crippen LogP contribution in [0, 0.1) is 17.8 Å². The van der Waals surface area contributed by atoms with E-state index < -0.39 is 6.04 Å². The van der Waals surface area contributed by atoms with Crippen molar-refractivity contribution in [2.24, 2.45) is 17.8 Å². The predicted molar refractivity (Wildman–Crippen MR) is 117 cm³/mol. The first-order valence-electron chi connectivity index (χ1n) is 11.5. The van der Waals surface area contributed by atoms with Gasteiger partial charge >= 0.3 is 6.03 Å². The van der Waals surface area contributed by atoms with E-state index in [4.69, 9.17) is 9.47 Å². The number of amides is 3. The average molecular weight is 431 g/mol. The maximum atomic E-state index is 12.8. The molecule has 0 radical (unpaired) electrons. The Morgan fingerprint density at radius 1 is 1.10 bits per heavy atom. The number of benzene rings is 1. The molecule has 0 aromatic heterocycles. The zero-order valence-corrected chi connectivity index (χ0v) is 19.1. The monoisotopic (exact) mass is 430 g/mol. The third kappa shape index (κ3) is 4.52. The number of likely N-dealkylation sites (N-methyl/N-ethyl adjacent to an activating group) is 1. The molecular formula is C24H36N3O4+. The molecule has 1 aromatic rings. The second kappa shape index (κ2) is 8.69. The van der Waals surface area contributed by atoms with E-state index in [0.717, 1.165) is 47.5 Å². The third-order valence-corrected chi connectivity index (χ3v) is 7.74. The minimum atomic E-state index is -0.391. The Morgan fingerprint density at radius 3 is 2.26 bits per heavy atom. The van der Waals surface area contributed by atoms with Crippen molar-refractivity contribution in [3.8, 4) is 11.5 Å². The fraction of sp³-hybridized carbons (Fsp3) is 0.667. The van der Waals surface area contributed by atoms with Crippen LogP contribution in [0.5, 0.6) is 11.5 Å². The van der Waals surface area contributed by atoms with E-state index in [1.54, 1.807) is 14.2 Å². The van der Waals surface area contributed by atoms with Crippen LogP contribution in [0.15, 0.2) is 18.2 Å². The second-order valence-electron chi connectivity index (χ2n) is 10.0. The fourth-order valence-electron chi connectivity index (χ4n) is 6.53. The van der Waals surface area contributed by atoms with Crippen LogP contribution in [-0.2, 0) is 11.3 Å². The van der Waals surface area contributed by atoms with Crippen molar-refractivity contribution in [1.82, 2.24) is 10.6 Å². The van der Waals surface area contributed by atoms with Crippen molar-refractivity contribution in [2.75, 3.05) is 21.3 Å². The van der Waals surface area contributed by atoms with Crippen LogP contribution in [0.1, 0.15) is 51.0 Å². The van der Waals surface area contributed by atoms with Crippen LogP contribution in [-0.4, -0.2) is 44.8 Å². The third-order valence-electron chi connectivity index (χ3n) is 7.74. The molecule has 4 aliphatic carbocycles. The summed E-state index contributed by atoms with van der Waals surface area (Å²) in [4.78, 5) is 26.5. The van der Waals surface area contributed by atoms with Crippen molar-refractivity contribution >= 4 is 11.9 Å². The van der Waals surface area contributed by atoms with E-state index in [1.165, 1.54) is 19.3 Å². The molecule has 1 aromatic carbocycles. The van der Waals surface area contributed by atoms with Crippen molar-refractivity contribution < 1.29 is 24.0 Å². The molecule has 0 spiro atoms. The largest absolute Gasteiger partial charge is 0.493 e. The Labute approximate surface area is 184 Å². The summed E-state index contributed by atoms with van der Waals surface area (Å²) in [7, 11) is 5.17. The van der Waals surface area contributed by atoms with Gasteiger partial charge in [0.1, 0.15) is 6.54 Å². The number of carbonyl (C=O) groups is 2. The number of quaternary nitrogens is 1. The smallest absolute Gasteiger partial charge is 0.322 e. The molecule has 7 nitrogen and oxygen atoms in total. The summed E-state index contributed by atoms with van der Waals surface area (Å²) in [5.74, 6) is 3.32. The topological polar surface area (TPSA) is 81.1 Å². The molecule has 0 heterocycles. The molecule has 2 atom stereocenters. The van der Waals surface area contributed by atoms with E-state index in [0.29, 0.717) is 18.0 Å². The molecule has 4 aliphatic rings. The number of ether oxygens (including phenoxy) is 2. The van der Waals surface area contributed by atoms with Gasteiger partial charge < -0.3 is 19.7 Å². The van der Waals surface area contributed by atoms with Crippen LogP contribution in [0.2, 0.25) is 0 Å². The number of nitrogens with one attached hydrogen (secondary N) is 3. The number of hydrogen-bond acceptors (Lipinski definition) is 4.